The average molecular weight is 215 g/mol. The van der Waals surface area contributed by atoms with Gasteiger partial charge in [0, 0.05) is 18.3 Å². The lowest BCUT2D eigenvalue weighted by molar-refractivity contribution is 0.541. The number of alkyl halides is 1. The molecule has 0 saturated heterocycles. The van der Waals surface area contributed by atoms with Gasteiger partial charge in [0.05, 0.1) is 11.6 Å². The molecule has 3 heteroatoms. The van der Waals surface area contributed by atoms with E-state index in [0.29, 0.717) is 0 Å². The van der Waals surface area contributed by atoms with Crippen molar-refractivity contribution < 1.29 is 0 Å². The highest BCUT2D eigenvalue weighted by molar-refractivity contribution is 6.20. The lowest BCUT2D eigenvalue weighted by Gasteiger charge is -2.00. The lowest BCUT2D eigenvalue weighted by atomic mass is 10.2. The standard InChI is InChI=1S/C11H19ClN2/c1-3-4-5-6-7-14-9-11(8-13-14)10(2)12/h8-10H,3-7H2,1-2H3. The average Bonchev–Trinajstić information content (AvgIpc) is 2.61. The second-order valence-electron chi connectivity index (χ2n) is 3.71. The van der Waals surface area contributed by atoms with E-state index in [0.717, 1.165) is 12.1 Å². The maximum atomic E-state index is 5.95. The molecule has 1 aromatic rings. The van der Waals surface area contributed by atoms with E-state index in [1.807, 2.05) is 24.0 Å². The van der Waals surface area contributed by atoms with Crippen LogP contribution in [0.1, 0.15) is 50.5 Å². The second kappa shape index (κ2) is 6.07. The van der Waals surface area contributed by atoms with Crippen molar-refractivity contribution >= 4 is 11.6 Å². The van der Waals surface area contributed by atoms with E-state index in [9.17, 15) is 0 Å². The molecule has 0 aromatic carbocycles. The Labute approximate surface area is 91.3 Å². The summed E-state index contributed by atoms with van der Waals surface area (Å²) in [7, 11) is 0. The van der Waals surface area contributed by atoms with Crippen LogP contribution in [0.25, 0.3) is 0 Å². The van der Waals surface area contributed by atoms with Crippen LogP contribution >= 0.6 is 11.6 Å². The predicted molar refractivity (Wildman–Crippen MR) is 60.6 cm³/mol. The monoisotopic (exact) mass is 214 g/mol. The van der Waals surface area contributed by atoms with Crippen LogP contribution in [0.3, 0.4) is 0 Å². The van der Waals surface area contributed by atoms with Gasteiger partial charge in [-0.2, -0.15) is 5.10 Å². The highest BCUT2D eigenvalue weighted by Gasteiger charge is 2.03. The van der Waals surface area contributed by atoms with E-state index >= 15 is 0 Å². The Balaban J connectivity index is 2.29. The minimum absolute atomic E-state index is 0.0689. The molecule has 1 rings (SSSR count). The zero-order valence-electron chi connectivity index (χ0n) is 9.04. The van der Waals surface area contributed by atoms with Crippen LogP contribution in [0.5, 0.6) is 0 Å². The summed E-state index contributed by atoms with van der Waals surface area (Å²) in [6, 6.07) is 0. The molecule has 2 nitrogen and oxygen atoms in total. The number of rotatable bonds is 6. The summed E-state index contributed by atoms with van der Waals surface area (Å²) in [5.41, 5.74) is 1.11. The minimum Gasteiger partial charge on any atom is -0.272 e. The van der Waals surface area contributed by atoms with Gasteiger partial charge in [0.15, 0.2) is 0 Å². The Morgan fingerprint density at radius 3 is 2.79 bits per heavy atom. The van der Waals surface area contributed by atoms with E-state index in [2.05, 4.69) is 12.0 Å². The summed E-state index contributed by atoms with van der Waals surface area (Å²) in [6.07, 6.45) is 9.01. The molecule has 0 radical (unpaired) electrons. The van der Waals surface area contributed by atoms with Gasteiger partial charge in [0.25, 0.3) is 0 Å². The van der Waals surface area contributed by atoms with Crippen molar-refractivity contribution in [3.05, 3.63) is 18.0 Å². The van der Waals surface area contributed by atoms with Gasteiger partial charge in [0.1, 0.15) is 0 Å². The number of nitrogens with zero attached hydrogens (tertiary/aromatic N) is 2. The van der Waals surface area contributed by atoms with Crippen molar-refractivity contribution in [3.63, 3.8) is 0 Å². The molecule has 1 unspecified atom stereocenters. The van der Waals surface area contributed by atoms with Gasteiger partial charge in [-0.3, -0.25) is 4.68 Å². The Kier molecular flexibility index (Phi) is 5.02. The molecule has 0 bridgehead atoms. The van der Waals surface area contributed by atoms with Gasteiger partial charge in [0.2, 0.25) is 0 Å². The Bertz CT molecular complexity index is 256. The van der Waals surface area contributed by atoms with Gasteiger partial charge >= 0.3 is 0 Å². The first-order valence-corrected chi connectivity index (χ1v) is 5.84. The molecular formula is C11H19ClN2. The number of hydrogen-bond acceptors (Lipinski definition) is 1. The van der Waals surface area contributed by atoms with Crippen LogP contribution in [0.15, 0.2) is 12.4 Å². The van der Waals surface area contributed by atoms with Crippen LogP contribution in [0.4, 0.5) is 0 Å². The first kappa shape index (κ1) is 11.6. The molecule has 1 aromatic heterocycles. The lowest BCUT2D eigenvalue weighted by Crippen LogP contribution is -1.97. The van der Waals surface area contributed by atoms with E-state index in [4.69, 9.17) is 11.6 Å². The fourth-order valence-electron chi connectivity index (χ4n) is 1.41. The predicted octanol–water partition coefficient (Wildman–Crippen LogP) is 3.76. The molecule has 1 heterocycles. The van der Waals surface area contributed by atoms with Gasteiger partial charge in [-0.15, -0.1) is 11.6 Å². The largest absolute Gasteiger partial charge is 0.272 e. The van der Waals surface area contributed by atoms with Crippen molar-refractivity contribution in [2.24, 2.45) is 0 Å². The second-order valence-corrected chi connectivity index (χ2v) is 4.37. The first-order valence-electron chi connectivity index (χ1n) is 5.40. The normalized spacial score (nSPS) is 13.1. The number of halogens is 1. The van der Waals surface area contributed by atoms with E-state index in [1.165, 1.54) is 25.7 Å². The fraction of sp³-hybridized carbons (Fsp3) is 0.727. The highest BCUT2D eigenvalue weighted by Crippen LogP contribution is 2.17. The Hall–Kier alpha value is -0.500. The zero-order chi connectivity index (χ0) is 10.4. The molecule has 0 spiro atoms. The molecule has 0 aliphatic heterocycles. The zero-order valence-corrected chi connectivity index (χ0v) is 9.80. The topological polar surface area (TPSA) is 17.8 Å². The molecule has 14 heavy (non-hydrogen) atoms. The van der Waals surface area contributed by atoms with Crippen LogP contribution in [-0.4, -0.2) is 9.78 Å². The van der Waals surface area contributed by atoms with Crippen molar-refractivity contribution in [1.82, 2.24) is 9.78 Å². The third kappa shape index (κ3) is 3.70. The van der Waals surface area contributed by atoms with Gasteiger partial charge in [-0.1, -0.05) is 26.2 Å². The third-order valence-corrected chi connectivity index (χ3v) is 2.61. The van der Waals surface area contributed by atoms with E-state index in [-0.39, 0.29) is 5.38 Å². The minimum atomic E-state index is 0.0689. The van der Waals surface area contributed by atoms with Crippen molar-refractivity contribution in [2.75, 3.05) is 0 Å². The maximum Gasteiger partial charge on any atom is 0.0588 e. The van der Waals surface area contributed by atoms with Gasteiger partial charge in [-0.25, -0.2) is 0 Å². The van der Waals surface area contributed by atoms with Crippen LogP contribution in [0.2, 0.25) is 0 Å². The molecule has 0 fully saturated rings. The highest BCUT2D eigenvalue weighted by atomic mass is 35.5. The molecular weight excluding hydrogens is 196 g/mol. The summed E-state index contributed by atoms with van der Waals surface area (Å²) in [5.74, 6) is 0. The molecule has 0 aliphatic rings. The number of aryl methyl sites for hydroxylation is 1. The number of unbranched alkanes of at least 4 members (excludes halogenated alkanes) is 3. The molecule has 0 N–H and O–H groups in total. The maximum absolute atomic E-state index is 5.95. The van der Waals surface area contributed by atoms with Crippen LogP contribution in [-0.2, 0) is 6.54 Å². The van der Waals surface area contributed by atoms with E-state index < -0.39 is 0 Å². The number of hydrogen-bond donors (Lipinski definition) is 0. The molecule has 0 aliphatic carbocycles. The Morgan fingerprint density at radius 1 is 1.43 bits per heavy atom. The third-order valence-electron chi connectivity index (χ3n) is 2.35. The summed E-state index contributed by atoms with van der Waals surface area (Å²) in [6.45, 7) is 5.21. The number of aromatic nitrogens is 2. The summed E-state index contributed by atoms with van der Waals surface area (Å²) in [4.78, 5) is 0. The van der Waals surface area contributed by atoms with Crippen LogP contribution < -0.4 is 0 Å². The molecule has 0 saturated carbocycles. The quantitative estimate of drug-likeness (QED) is 0.521. The van der Waals surface area contributed by atoms with Crippen molar-refractivity contribution in [3.8, 4) is 0 Å². The molecule has 80 valence electrons. The molecule has 1 atom stereocenters. The van der Waals surface area contributed by atoms with Crippen molar-refractivity contribution in [2.45, 2.75) is 51.5 Å². The Morgan fingerprint density at radius 2 is 2.21 bits per heavy atom. The summed E-state index contributed by atoms with van der Waals surface area (Å²) < 4.78 is 1.99. The summed E-state index contributed by atoms with van der Waals surface area (Å²) in [5, 5.41) is 4.34. The van der Waals surface area contributed by atoms with Crippen LogP contribution in [0, 0.1) is 0 Å². The van der Waals surface area contributed by atoms with E-state index in [1.54, 1.807) is 0 Å². The summed E-state index contributed by atoms with van der Waals surface area (Å²) >= 11 is 5.95. The van der Waals surface area contributed by atoms with Gasteiger partial charge in [-0.05, 0) is 13.3 Å². The van der Waals surface area contributed by atoms with Gasteiger partial charge < -0.3 is 0 Å². The molecule has 0 amide bonds. The SMILES string of the molecule is CCCCCCn1cc(C(C)Cl)cn1. The first-order chi connectivity index (χ1) is 6.74. The fourth-order valence-corrected chi connectivity index (χ4v) is 1.52. The smallest absolute Gasteiger partial charge is 0.0588 e. The van der Waals surface area contributed by atoms with Crippen molar-refractivity contribution in [1.29, 1.82) is 0 Å².